The zero-order chi connectivity index (χ0) is 30.1. The van der Waals surface area contributed by atoms with Crippen LogP contribution in [-0.2, 0) is 11.3 Å². The van der Waals surface area contributed by atoms with E-state index >= 15 is 0 Å². The molecule has 0 radical (unpaired) electrons. The summed E-state index contributed by atoms with van der Waals surface area (Å²) < 4.78 is 29.7. The summed E-state index contributed by atoms with van der Waals surface area (Å²) in [5.74, 6) is 0.639. The molecular weight excluding hydrogens is 579 g/mol. The molecular formula is C27H31FN10O4S. The Balaban J connectivity index is 1.06. The third kappa shape index (κ3) is 6.02. The predicted octanol–water partition coefficient (Wildman–Crippen LogP) is 1.10. The summed E-state index contributed by atoms with van der Waals surface area (Å²) >= 11 is 1.06. The van der Waals surface area contributed by atoms with Gasteiger partial charge in [-0.25, -0.2) is 9.37 Å². The second-order valence-electron chi connectivity index (χ2n) is 10.3. The molecule has 0 bridgehead atoms. The molecule has 1 aromatic carbocycles. The molecule has 43 heavy (non-hydrogen) atoms. The van der Waals surface area contributed by atoms with Gasteiger partial charge in [0.05, 0.1) is 18.5 Å². The molecule has 5 heterocycles. The van der Waals surface area contributed by atoms with Gasteiger partial charge in [-0.3, -0.25) is 24.0 Å². The van der Waals surface area contributed by atoms with E-state index < -0.39 is 5.91 Å². The second kappa shape index (κ2) is 12.0. The minimum Gasteiger partial charge on any atom is -0.492 e. The van der Waals surface area contributed by atoms with E-state index in [9.17, 15) is 14.0 Å². The van der Waals surface area contributed by atoms with Crippen molar-refractivity contribution in [3.8, 4) is 17.3 Å². The Bertz CT molecular complexity index is 1810. The number of carbonyl (C=O) groups is 1. The van der Waals surface area contributed by atoms with E-state index in [4.69, 9.17) is 20.6 Å². The van der Waals surface area contributed by atoms with Gasteiger partial charge in [0.25, 0.3) is 0 Å². The fourth-order valence-corrected chi connectivity index (χ4v) is 6.02. The molecule has 1 aliphatic rings. The topological polar surface area (TPSA) is 166 Å². The number of benzene rings is 1. The number of hydrogen-bond acceptors (Lipinski definition) is 12. The van der Waals surface area contributed by atoms with Crippen LogP contribution in [-0.4, -0.2) is 99.3 Å². The van der Waals surface area contributed by atoms with Gasteiger partial charge in [-0.2, -0.15) is 9.50 Å². The number of fused-ring (bicyclic) bond motifs is 3. The number of nitrogens with zero attached hydrogens (tertiary/aromatic N) is 8. The average Bonchev–Trinajstić information content (AvgIpc) is 3.72. The zero-order valence-corrected chi connectivity index (χ0v) is 24.3. The summed E-state index contributed by atoms with van der Waals surface area (Å²) in [5.41, 5.74) is 12.8. The normalized spacial score (nSPS) is 14.3. The minimum absolute atomic E-state index is 0.127. The summed E-state index contributed by atoms with van der Waals surface area (Å²) in [7, 11) is 1.76. The quantitative estimate of drug-likeness (QED) is 0.220. The molecule has 6 rings (SSSR count). The van der Waals surface area contributed by atoms with Crippen LogP contribution in [0.5, 0.6) is 5.75 Å². The highest BCUT2D eigenvalue weighted by Gasteiger charge is 2.22. The van der Waals surface area contributed by atoms with Gasteiger partial charge in [0.1, 0.15) is 22.9 Å². The molecule has 0 atom stereocenters. The molecule has 0 aliphatic carbocycles. The third-order valence-electron chi connectivity index (χ3n) is 7.30. The maximum absolute atomic E-state index is 15.0. The van der Waals surface area contributed by atoms with Crippen LogP contribution in [0.1, 0.15) is 0 Å². The predicted molar refractivity (Wildman–Crippen MR) is 160 cm³/mol. The molecule has 226 valence electrons. The second-order valence-corrected chi connectivity index (χ2v) is 11.2. The average molecular weight is 611 g/mol. The van der Waals surface area contributed by atoms with Crippen molar-refractivity contribution in [2.75, 3.05) is 70.1 Å². The number of primary amides is 1. The van der Waals surface area contributed by atoms with Gasteiger partial charge < -0.3 is 25.5 Å². The van der Waals surface area contributed by atoms with Crippen molar-refractivity contribution in [3.63, 3.8) is 0 Å². The number of halogens is 1. The Kier molecular flexibility index (Phi) is 7.96. The molecule has 4 aromatic heterocycles. The zero-order valence-electron chi connectivity index (χ0n) is 23.5. The van der Waals surface area contributed by atoms with Gasteiger partial charge in [-0.15, -0.1) is 5.10 Å². The maximum atomic E-state index is 15.0. The van der Waals surface area contributed by atoms with E-state index in [0.29, 0.717) is 91.4 Å². The summed E-state index contributed by atoms with van der Waals surface area (Å²) in [4.78, 5) is 38.8. The first-order valence-corrected chi connectivity index (χ1v) is 14.5. The van der Waals surface area contributed by atoms with Gasteiger partial charge >= 0.3 is 4.87 Å². The number of nitrogens with two attached hydrogens (primary N) is 2. The van der Waals surface area contributed by atoms with Crippen LogP contribution in [0, 0.1) is 5.82 Å². The monoisotopic (exact) mass is 610 g/mol. The number of hydrogen-bond donors (Lipinski definition) is 2. The van der Waals surface area contributed by atoms with Crippen molar-refractivity contribution in [3.05, 3.63) is 52.1 Å². The summed E-state index contributed by atoms with van der Waals surface area (Å²) in [6.07, 6.45) is 1.54. The number of anilines is 2. The fraction of sp³-hybridized carbons (Fsp3) is 0.370. The van der Waals surface area contributed by atoms with Gasteiger partial charge in [0.15, 0.2) is 17.1 Å². The molecule has 14 nitrogen and oxygen atoms in total. The number of carbonyl (C=O) groups excluding carboxylic acids is 1. The highest BCUT2D eigenvalue weighted by molar-refractivity contribution is 7.17. The van der Waals surface area contributed by atoms with Crippen LogP contribution in [0.15, 0.2) is 45.8 Å². The van der Waals surface area contributed by atoms with E-state index in [2.05, 4.69) is 20.0 Å². The number of rotatable bonds is 11. The van der Waals surface area contributed by atoms with Crippen LogP contribution in [0.2, 0.25) is 0 Å². The van der Waals surface area contributed by atoms with Crippen molar-refractivity contribution in [2.45, 2.75) is 6.54 Å². The first-order valence-electron chi connectivity index (χ1n) is 13.7. The smallest absolute Gasteiger partial charge is 0.309 e. The van der Waals surface area contributed by atoms with Gasteiger partial charge in [-0.1, -0.05) is 11.3 Å². The number of likely N-dealkylation sites (N-methyl/N-ethyl adjacent to an activating group) is 1. The summed E-state index contributed by atoms with van der Waals surface area (Å²) in [6, 6.07) is 8.34. The lowest BCUT2D eigenvalue weighted by molar-refractivity contribution is -0.118. The Morgan fingerprint density at radius 1 is 1.16 bits per heavy atom. The minimum atomic E-state index is -0.413. The number of furan rings is 1. The summed E-state index contributed by atoms with van der Waals surface area (Å²) in [5, 5.41) is 4.39. The van der Waals surface area contributed by atoms with E-state index in [1.165, 1.54) is 16.8 Å². The Morgan fingerprint density at radius 3 is 2.70 bits per heavy atom. The molecule has 1 amide bonds. The van der Waals surface area contributed by atoms with E-state index in [1.807, 2.05) is 4.90 Å². The molecule has 1 fully saturated rings. The van der Waals surface area contributed by atoms with Gasteiger partial charge in [-0.05, 0) is 31.3 Å². The first-order chi connectivity index (χ1) is 20.8. The van der Waals surface area contributed by atoms with E-state index in [-0.39, 0.29) is 23.2 Å². The van der Waals surface area contributed by atoms with Crippen LogP contribution < -0.4 is 26.0 Å². The molecule has 5 aromatic rings. The number of piperazine rings is 1. The van der Waals surface area contributed by atoms with Crippen molar-refractivity contribution < 1.29 is 18.3 Å². The van der Waals surface area contributed by atoms with Crippen LogP contribution in [0.4, 0.5) is 16.0 Å². The molecule has 4 N–H and O–H groups in total. The number of ether oxygens (including phenoxy) is 1. The maximum Gasteiger partial charge on any atom is 0.309 e. The van der Waals surface area contributed by atoms with Gasteiger partial charge in [0, 0.05) is 51.9 Å². The number of thiazole rings is 1. The molecule has 0 saturated carbocycles. The molecule has 0 spiro atoms. The van der Waals surface area contributed by atoms with Gasteiger partial charge in [0.2, 0.25) is 17.7 Å². The molecule has 1 saturated heterocycles. The van der Waals surface area contributed by atoms with Crippen molar-refractivity contribution in [2.24, 2.45) is 5.73 Å². The Hall–Kier alpha value is -4.54. The number of aromatic nitrogens is 5. The molecule has 16 heteroatoms. The Morgan fingerprint density at radius 2 is 1.98 bits per heavy atom. The largest absolute Gasteiger partial charge is 0.492 e. The van der Waals surface area contributed by atoms with Crippen LogP contribution >= 0.6 is 11.3 Å². The van der Waals surface area contributed by atoms with Crippen LogP contribution in [0.25, 0.3) is 27.6 Å². The third-order valence-corrected chi connectivity index (χ3v) is 8.26. The Labute approximate surface area is 248 Å². The standard InChI is InChI=1S/C27H31FN10O4S/c1-34(16-21(29)39)12-14-41-17-4-5-19(18(28)15-17)36-9-6-35(7-10-36)8-11-37-24-22(43-27(37)40)25-31-23(20-3-2-13-42-20)33-38(25)26(30)32-24/h2-5,13,15H,6-12,14,16H2,1H3,(H2,29,39)(H2,30,32). The van der Waals surface area contributed by atoms with Crippen molar-refractivity contribution in [1.29, 1.82) is 0 Å². The highest BCUT2D eigenvalue weighted by Crippen LogP contribution is 2.27. The lowest BCUT2D eigenvalue weighted by Gasteiger charge is -2.36. The van der Waals surface area contributed by atoms with Crippen molar-refractivity contribution in [1.82, 2.24) is 33.9 Å². The first kappa shape index (κ1) is 28.6. The lowest BCUT2D eigenvalue weighted by Crippen LogP contribution is -2.47. The van der Waals surface area contributed by atoms with E-state index in [0.717, 1.165) is 11.3 Å². The van der Waals surface area contributed by atoms with Crippen LogP contribution in [0.3, 0.4) is 0 Å². The SMILES string of the molecule is CN(CCOc1ccc(N2CCN(CCn3c(=O)sc4c3nc(N)n3nc(-c5ccco5)nc43)CC2)c(F)c1)CC(N)=O. The van der Waals surface area contributed by atoms with Crippen molar-refractivity contribution >= 4 is 44.9 Å². The molecule has 0 unspecified atom stereocenters. The lowest BCUT2D eigenvalue weighted by atomic mass is 10.2. The highest BCUT2D eigenvalue weighted by atomic mass is 32.1. The summed E-state index contributed by atoms with van der Waals surface area (Å²) in [6.45, 7) is 4.66. The van der Waals surface area contributed by atoms with E-state index in [1.54, 1.807) is 40.8 Å². The number of nitrogen functional groups attached to an aromatic ring is 1. The number of amides is 1. The molecule has 1 aliphatic heterocycles. The fourth-order valence-electron chi connectivity index (χ4n) is 5.09.